The quantitative estimate of drug-likeness (QED) is 0.387. The van der Waals surface area contributed by atoms with Crippen LogP contribution in [0.2, 0.25) is 0 Å². The van der Waals surface area contributed by atoms with Crippen LogP contribution in [0.3, 0.4) is 0 Å². The largest absolute Gasteiger partial charge is 0.489 e. The van der Waals surface area contributed by atoms with Gasteiger partial charge in [-0.1, -0.05) is 43.3 Å². The van der Waals surface area contributed by atoms with Crippen LogP contribution in [0, 0.1) is 11.3 Å². The van der Waals surface area contributed by atoms with Gasteiger partial charge in [-0.2, -0.15) is 5.26 Å². The molecule has 0 aromatic heterocycles. The van der Waals surface area contributed by atoms with Crippen molar-refractivity contribution in [3.05, 3.63) is 101 Å². The standard InChI is InChI=1S/C26H22N2O4/c1-2-18-6-10-23(11-7-18)28-25(29)22(16-27)14-19-8-12-24(13-9-19)32-17-20-4-3-5-21(15-20)26(30)31/h3-15H,2,17H2,1H3,(H,28,29)(H,30,31)/b22-14+. The third kappa shape index (κ3) is 6.07. The first-order valence-electron chi connectivity index (χ1n) is 10.1. The summed E-state index contributed by atoms with van der Waals surface area (Å²) < 4.78 is 5.70. The fraction of sp³-hybridized carbons (Fsp3) is 0.115. The molecule has 32 heavy (non-hydrogen) atoms. The maximum Gasteiger partial charge on any atom is 0.335 e. The average Bonchev–Trinajstić information content (AvgIpc) is 2.82. The van der Waals surface area contributed by atoms with E-state index in [1.165, 1.54) is 12.1 Å². The zero-order chi connectivity index (χ0) is 22.9. The van der Waals surface area contributed by atoms with Crippen LogP contribution in [0.25, 0.3) is 6.08 Å². The highest BCUT2D eigenvalue weighted by molar-refractivity contribution is 6.09. The lowest BCUT2D eigenvalue weighted by Crippen LogP contribution is -2.13. The number of carboxylic acids is 1. The number of hydrogen-bond acceptors (Lipinski definition) is 4. The monoisotopic (exact) mass is 426 g/mol. The Labute approximate surface area is 186 Å². The number of aryl methyl sites for hydroxylation is 1. The van der Waals surface area contributed by atoms with Gasteiger partial charge in [-0.15, -0.1) is 0 Å². The van der Waals surface area contributed by atoms with E-state index in [0.29, 0.717) is 17.0 Å². The van der Waals surface area contributed by atoms with Crippen molar-refractivity contribution in [2.24, 2.45) is 0 Å². The number of benzene rings is 3. The van der Waals surface area contributed by atoms with Crippen LogP contribution in [-0.4, -0.2) is 17.0 Å². The van der Waals surface area contributed by atoms with Crippen LogP contribution >= 0.6 is 0 Å². The van der Waals surface area contributed by atoms with Crippen molar-refractivity contribution in [3.63, 3.8) is 0 Å². The Morgan fingerprint density at radius 1 is 1.03 bits per heavy atom. The van der Waals surface area contributed by atoms with Gasteiger partial charge in [0.25, 0.3) is 5.91 Å². The highest BCUT2D eigenvalue weighted by atomic mass is 16.5. The first-order chi connectivity index (χ1) is 15.5. The highest BCUT2D eigenvalue weighted by Crippen LogP contribution is 2.18. The minimum absolute atomic E-state index is 0.0104. The van der Waals surface area contributed by atoms with Crippen molar-refractivity contribution < 1.29 is 19.4 Å². The summed E-state index contributed by atoms with van der Waals surface area (Å²) in [6, 6.07) is 22.9. The summed E-state index contributed by atoms with van der Waals surface area (Å²) in [4.78, 5) is 23.5. The number of hydrogen-bond donors (Lipinski definition) is 2. The van der Waals surface area contributed by atoms with Gasteiger partial charge in [0.1, 0.15) is 24.0 Å². The number of amides is 1. The van der Waals surface area contributed by atoms with E-state index < -0.39 is 11.9 Å². The molecule has 0 aliphatic rings. The number of nitrogens with one attached hydrogen (secondary N) is 1. The van der Waals surface area contributed by atoms with Crippen molar-refractivity contribution in [2.45, 2.75) is 20.0 Å². The second kappa shape index (κ2) is 10.6. The molecule has 2 N–H and O–H groups in total. The molecule has 6 nitrogen and oxygen atoms in total. The van der Waals surface area contributed by atoms with Crippen molar-refractivity contribution in [1.29, 1.82) is 5.26 Å². The molecule has 3 aromatic rings. The minimum Gasteiger partial charge on any atom is -0.489 e. The molecular formula is C26H22N2O4. The number of nitrogens with zero attached hydrogens (tertiary/aromatic N) is 1. The molecular weight excluding hydrogens is 404 g/mol. The van der Waals surface area contributed by atoms with E-state index in [2.05, 4.69) is 12.2 Å². The summed E-state index contributed by atoms with van der Waals surface area (Å²) in [6.07, 6.45) is 2.42. The van der Waals surface area contributed by atoms with Crippen molar-refractivity contribution >= 4 is 23.6 Å². The van der Waals surface area contributed by atoms with Crippen molar-refractivity contribution in [2.75, 3.05) is 5.32 Å². The van der Waals surface area contributed by atoms with Crippen LogP contribution in [0.4, 0.5) is 5.69 Å². The summed E-state index contributed by atoms with van der Waals surface area (Å²) in [7, 11) is 0. The Kier molecular flexibility index (Phi) is 7.39. The third-order valence-corrected chi connectivity index (χ3v) is 4.76. The predicted octanol–water partition coefficient (Wildman–Crippen LogP) is 5.07. The molecule has 0 radical (unpaired) electrons. The predicted molar refractivity (Wildman–Crippen MR) is 122 cm³/mol. The second-order valence-electron chi connectivity index (χ2n) is 7.04. The number of carbonyl (C=O) groups excluding carboxylic acids is 1. The summed E-state index contributed by atoms with van der Waals surface area (Å²) in [5, 5.41) is 21.2. The smallest absolute Gasteiger partial charge is 0.335 e. The van der Waals surface area contributed by atoms with Crippen molar-refractivity contribution in [3.8, 4) is 11.8 Å². The van der Waals surface area contributed by atoms with Gasteiger partial charge in [0.05, 0.1) is 5.56 Å². The van der Waals surface area contributed by atoms with Crippen molar-refractivity contribution in [1.82, 2.24) is 0 Å². The molecule has 0 saturated heterocycles. The van der Waals surface area contributed by atoms with E-state index in [1.807, 2.05) is 30.3 Å². The normalized spacial score (nSPS) is 10.8. The molecule has 0 bridgehead atoms. The molecule has 0 aliphatic carbocycles. The molecule has 0 aliphatic heterocycles. The van der Waals surface area contributed by atoms with E-state index in [1.54, 1.807) is 42.5 Å². The topological polar surface area (TPSA) is 99.4 Å². The summed E-state index contributed by atoms with van der Waals surface area (Å²) >= 11 is 0. The number of carboxylic acid groups (broad SMARTS) is 1. The van der Waals surface area contributed by atoms with Gasteiger partial charge in [0.2, 0.25) is 0 Å². The molecule has 6 heteroatoms. The molecule has 0 spiro atoms. The Balaban J connectivity index is 1.63. The van der Waals surface area contributed by atoms with Gasteiger partial charge in [-0.3, -0.25) is 4.79 Å². The van der Waals surface area contributed by atoms with Crippen LogP contribution in [0.1, 0.15) is 34.0 Å². The zero-order valence-electron chi connectivity index (χ0n) is 17.5. The zero-order valence-corrected chi connectivity index (χ0v) is 17.5. The van der Waals surface area contributed by atoms with Gasteiger partial charge in [0.15, 0.2) is 0 Å². The van der Waals surface area contributed by atoms with E-state index in [0.717, 1.165) is 17.5 Å². The van der Waals surface area contributed by atoms with E-state index in [4.69, 9.17) is 9.84 Å². The van der Waals surface area contributed by atoms with E-state index in [9.17, 15) is 14.9 Å². The number of aromatic carboxylic acids is 1. The van der Waals surface area contributed by atoms with Gasteiger partial charge in [-0.05, 0) is 65.6 Å². The van der Waals surface area contributed by atoms with Gasteiger partial charge < -0.3 is 15.2 Å². The molecule has 3 rings (SSSR count). The van der Waals surface area contributed by atoms with Gasteiger partial charge in [-0.25, -0.2) is 4.79 Å². The Hall–Kier alpha value is -4.37. The van der Waals surface area contributed by atoms with Gasteiger partial charge in [0, 0.05) is 5.69 Å². The second-order valence-corrected chi connectivity index (χ2v) is 7.04. The number of nitriles is 1. The third-order valence-electron chi connectivity index (χ3n) is 4.76. The molecule has 1 amide bonds. The Morgan fingerprint density at radius 3 is 2.38 bits per heavy atom. The minimum atomic E-state index is -0.988. The fourth-order valence-corrected chi connectivity index (χ4v) is 2.96. The molecule has 0 saturated carbocycles. The van der Waals surface area contributed by atoms with Gasteiger partial charge >= 0.3 is 5.97 Å². The first-order valence-corrected chi connectivity index (χ1v) is 10.1. The maximum absolute atomic E-state index is 12.4. The lowest BCUT2D eigenvalue weighted by molar-refractivity contribution is -0.112. The lowest BCUT2D eigenvalue weighted by Gasteiger charge is -2.08. The molecule has 160 valence electrons. The van der Waals surface area contributed by atoms with E-state index >= 15 is 0 Å². The fourth-order valence-electron chi connectivity index (χ4n) is 2.96. The maximum atomic E-state index is 12.4. The Morgan fingerprint density at radius 2 is 1.75 bits per heavy atom. The summed E-state index contributed by atoms with van der Waals surface area (Å²) in [5.74, 6) is -0.879. The van der Waals surface area contributed by atoms with Crippen LogP contribution < -0.4 is 10.1 Å². The molecule has 0 atom stereocenters. The number of rotatable bonds is 8. The highest BCUT2D eigenvalue weighted by Gasteiger charge is 2.10. The van der Waals surface area contributed by atoms with Crippen LogP contribution in [0.5, 0.6) is 5.75 Å². The molecule has 0 unspecified atom stereocenters. The lowest BCUT2D eigenvalue weighted by atomic mass is 10.1. The number of anilines is 1. The molecule has 3 aromatic carbocycles. The van der Waals surface area contributed by atoms with Crippen LogP contribution in [-0.2, 0) is 17.8 Å². The SMILES string of the molecule is CCc1ccc(NC(=O)/C(C#N)=C/c2ccc(OCc3cccc(C(=O)O)c3)cc2)cc1. The number of ether oxygens (including phenoxy) is 1. The summed E-state index contributed by atoms with van der Waals surface area (Å²) in [6.45, 7) is 2.27. The molecule has 0 heterocycles. The van der Waals surface area contributed by atoms with E-state index in [-0.39, 0.29) is 17.7 Å². The molecule has 0 fully saturated rings. The average molecular weight is 426 g/mol. The number of carbonyl (C=O) groups is 2. The van der Waals surface area contributed by atoms with Crippen LogP contribution in [0.15, 0.2) is 78.4 Å². The first kappa shape index (κ1) is 22.3. The summed E-state index contributed by atoms with van der Waals surface area (Å²) in [5.41, 5.74) is 3.40. The Bertz CT molecular complexity index is 1170.